The second-order valence-corrected chi connectivity index (χ2v) is 5.00. The molecule has 106 valence electrons. The monoisotopic (exact) mass is 272 g/mol. The molecule has 1 fully saturated rings. The summed E-state index contributed by atoms with van der Waals surface area (Å²) in [4.78, 5) is 2.37. The molecule has 2 heterocycles. The standard InChI is InChI=1S/C16H20N2O2/c1-3-16(18-6-9-19-10-7-18)4-2-14(1)11-17-12-15-5-8-20-13-15/h1-5,8,13,17H,6-7,9-12H2. The molecule has 0 amide bonds. The van der Waals surface area contributed by atoms with Gasteiger partial charge in [-0.3, -0.25) is 0 Å². The maximum absolute atomic E-state index is 5.37. The first kappa shape index (κ1) is 13.2. The van der Waals surface area contributed by atoms with Gasteiger partial charge in [0.05, 0.1) is 25.7 Å². The molecular weight excluding hydrogens is 252 g/mol. The van der Waals surface area contributed by atoms with Gasteiger partial charge in [-0.25, -0.2) is 0 Å². The molecule has 1 aromatic carbocycles. The minimum atomic E-state index is 0.827. The first-order chi connectivity index (χ1) is 9.92. The molecule has 0 bridgehead atoms. The summed E-state index contributed by atoms with van der Waals surface area (Å²) in [5.41, 5.74) is 3.76. The zero-order chi connectivity index (χ0) is 13.6. The summed E-state index contributed by atoms with van der Waals surface area (Å²) in [5.74, 6) is 0. The number of rotatable bonds is 5. The first-order valence-corrected chi connectivity index (χ1v) is 7.05. The number of hydrogen-bond acceptors (Lipinski definition) is 4. The number of anilines is 1. The molecule has 0 saturated carbocycles. The zero-order valence-electron chi connectivity index (χ0n) is 11.5. The Labute approximate surface area is 119 Å². The van der Waals surface area contributed by atoms with Gasteiger partial charge >= 0.3 is 0 Å². The molecule has 1 N–H and O–H groups in total. The zero-order valence-corrected chi connectivity index (χ0v) is 11.5. The number of nitrogens with one attached hydrogen (secondary N) is 1. The van der Waals surface area contributed by atoms with Crippen LogP contribution < -0.4 is 10.2 Å². The molecule has 0 unspecified atom stereocenters. The van der Waals surface area contributed by atoms with E-state index in [-0.39, 0.29) is 0 Å². The molecule has 1 aliphatic heterocycles. The molecule has 0 atom stereocenters. The molecule has 3 rings (SSSR count). The normalized spacial score (nSPS) is 15.5. The van der Waals surface area contributed by atoms with Gasteiger partial charge in [-0.15, -0.1) is 0 Å². The van der Waals surface area contributed by atoms with Crippen LogP contribution in [0.2, 0.25) is 0 Å². The topological polar surface area (TPSA) is 37.6 Å². The smallest absolute Gasteiger partial charge is 0.0947 e. The van der Waals surface area contributed by atoms with E-state index in [4.69, 9.17) is 9.15 Å². The second-order valence-electron chi connectivity index (χ2n) is 5.00. The van der Waals surface area contributed by atoms with E-state index in [2.05, 4.69) is 34.5 Å². The molecule has 1 aromatic heterocycles. The Kier molecular flexibility index (Phi) is 4.35. The van der Waals surface area contributed by atoms with Crippen molar-refractivity contribution in [3.05, 3.63) is 54.0 Å². The number of morpholine rings is 1. The number of ether oxygens (including phenoxy) is 1. The molecule has 1 saturated heterocycles. The van der Waals surface area contributed by atoms with E-state index in [1.54, 1.807) is 12.5 Å². The minimum absolute atomic E-state index is 0.827. The average Bonchev–Trinajstić information content (AvgIpc) is 3.02. The third-order valence-corrected chi connectivity index (χ3v) is 3.55. The van der Waals surface area contributed by atoms with E-state index < -0.39 is 0 Å². The highest BCUT2D eigenvalue weighted by Gasteiger charge is 2.10. The first-order valence-electron chi connectivity index (χ1n) is 7.05. The van der Waals surface area contributed by atoms with Gasteiger partial charge in [0.15, 0.2) is 0 Å². The molecule has 1 aliphatic rings. The van der Waals surface area contributed by atoms with Gasteiger partial charge in [0.1, 0.15) is 0 Å². The highest BCUT2D eigenvalue weighted by Crippen LogP contribution is 2.16. The van der Waals surface area contributed by atoms with Gasteiger partial charge in [-0.1, -0.05) is 12.1 Å². The van der Waals surface area contributed by atoms with Crippen LogP contribution in [0.25, 0.3) is 0 Å². The Hall–Kier alpha value is -1.78. The van der Waals surface area contributed by atoms with Crippen LogP contribution >= 0.6 is 0 Å². The van der Waals surface area contributed by atoms with E-state index in [0.29, 0.717) is 0 Å². The number of furan rings is 1. The molecular formula is C16H20N2O2. The van der Waals surface area contributed by atoms with Gasteiger partial charge in [0.2, 0.25) is 0 Å². The lowest BCUT2D eigenvalue weighted by Gasteiger charge is -2.28. The maximum Gasteiger partial charge on any atom is 0.0947 e. The van der Waals surface area contributed by atoms with Crippen molar-refractivity contribution in [1.82, 2.24) is 5.32 Å². The lowest BCUT2D eigenvalue weighted by molar-refractivity contribution is 0.122. The minimum Gasteiger partial charge on any atom is -0.472 e. The molecule has 2 aromatic rings. The Balaban J connectivity index is 1.50. The lowest BCUT2D eigenvalue weighted by atomic mass is 10.2. The highest BCUT2D eigenvalue weighted by molar-refractivity contribution is 5.47. The molecule has 4 nitrogen and oxygen atoms in total. The SMILES string of the molecule is c1cc(CNCc2ccc(N3CCOCC3)cc2)co1. The summed E-state index contributed by atoms with van der Waals surface area (Å²) in [5, 5.41) is 3.41. The van der Waals surface area contributed by atoms with Crippen LogP contribution in [0.1, 0.15) is 11.1 Å². The predicted octanol–water partition coefficient (Wildman–Crippen LogP) is 2.41. The Morgan fingerprint density at radius 3 is 2.40 bits per heavy atom. The van der Waals surface area contributed by atoms with Crippen LogP contribution in [0.3, 0.4) is 0 Å². The average molecular weight is 272 g/mol. The molecule has 4 heteroatoms. The van der Waals surface area contributed by atoms with Crippen molar-refractivity contribution in [1.29, 1.82) is 0 Å². The second kappa shape index (κ2) is 6.59. The van der Waals surface area contributed by atoms with E-state index in [1.807, 2.05) is 6.07 Å². The van der Waals surface area contributed by atoms with Crippen LogP contribution in [0.15, 0.2) is 47.3 Å². The fourth-order valence-electron chi connectivity index (χ4n) is 2.39. The third kappa shape index (κ3) is 3.40. The van der Waals surface area contributed by atoms with Gasteiger partial charge in [0.25, 0.3) is 0 Å². The lowest BCUT2D eigenvalue weighted by Crippen LogP contribution is -2.36. The Bertz CT molecular complexity index is 502. The van der Waals surface area contributed by atoms with Gasteiger partial charge in [-0.05, 0) is 23.8 Å². The number of nitrogens with zero attached hydrogens (tertiary/aromatic N) is 1. The molecule has 0 spiro atoms. The van der Waals surface area contributed by atoms with Crippen LogP contribution in [-0.2, 0) is 17.8 Å². The fraction of sp³-hybridized carbons (Fsp3) is 0.375. The van der Waals surface area contributed by atoms with Crippen molar-refractivity contribution in [3.63, 3.8) is 0 Å². The summed E-state index contributed by atoms with van der Waals surface area (Å²) in [6, 6.07) is 10.7. The van der Waals surface area contributed by atoms with Crippen molar-refractivity contribution < 1.29 is 9.15 Å². The van der Waals surface area contributed by atoms with Crippen LogP contribution in [0.4, 0.5) is 5.69 Å². The molecule has 0 radical (unpaired) electrons. The summed E-state index contributed by atoms with van der Waals surface area (Å²) in [6.07, 6.45) is 3.47. The van der Waals surface area contributed by atoms with E-state index in [1.165, 1.54) is 16.8 Å². The third-order valence-electron chi connectivity index (χ3n) is 3.55. The quantitative estimate of drug-likeness (QED) is 0.907. The predicted molar refractivity (Wildman–Crippen MR) is 78.7 cm³/mol. The highest BCUT2D eigenvalue weighted by atomic mass is 16.5. The van der Waals surface area contributed by atoms with Crippen molar-refractivity contribution in [3.8, 4) is 0 Å². The van der Waals surface area contributed by atoms with E-state index in [0.717, 1.165) is 39.4 Å². The van der Waals surface area contributed by atoms with Crippen LogP contribution in [-0.4, -0.2) is 26.3 Å². The summed E-state index contributed by atoms with van der Waals surface area (Å²) in [7, 11) is 0. The largest absolute Gasteiger partial charge is 0.472 e. The Morgan fingerprint density at radius 2 is 1.70 bits per heavy atom. The van der Waals surface area contributed by atoms with Crippen molar-refractivity contribution in [2.45, 2.75) is 13.1 Å². The number of benzene rings is 1. The number of hydrogen-bond donors (Lipinski definition) is 1. The summed E-state index contributed by atoms with van der Waals surface area (Å²) < 4.78 is 10.4. The van der Waals surface area contributed by atoms with Crippen molar-refractivity contribution in [2.24, 2.45) is 0 Å². The summed E-state index contributed by atoms with van der Waals surface area (Å²) in [6.45, 7) is 5.33. The van der Waals surface area contributed by atoms with Gasteiger partial charge in [-0.2, -0.15) is 0 Å². The fourth-order valence-corrected chi connectivity index (χ4v) is 2.39. The van der Waals surface area contributed by atoms with Crippen LogP contribution in [0.5, 0.6) is 0 Å². The van der Waals surface area contributed by atoms with E-state index >= 15 is 0 Å². The van der Waals surface area contributed by atoms with Crippen LogP contribution in [0, 0.1) is 0 Å². The molecule has 20 heavy (non-hydrogen) atoms. The maximum atomic E-state index is 5.37. The van der Waals surface area contributed by atoms with Gasteiger partial charge < -0.3 is 19.4 Å². The van der Waals surface area contributed by atoms with Crippen molar-refractivity contribution in [2.75, 3.05) is 31.2 Å². The Morgan fingerprint density at radius 1 is 0.950 bits per heavy atom. The van der Waals surface area contributed by atoms with Gasteiger partial charge in [0, 0.05) is 37.4 Å². The molecule has 0 aliphatic carbocycles. The van der Waals surface area contributed by atoms with E-state index in [9.17, 15) is 0 Å². The summed E-state index contributed by atoms with van der Waals surface area (Å²) >= 11 is 0. The van der Waals surface area contributed by atoms with Crippen molar-refractivity contribution >= 4 is 5.69 Å².